The van der Waals surface area contributed by atoms with E-state index in [1.54, 1.807) is 18.3 Å². The van der Waals surface area contributed by atoms with Crippen molar-refractivity contribution >= 4 is 5.97 Å². The van der Waals surface area contributed by atoms with Crippen molar-refractivity contribution in [2.75, 3.05) is 0 Å². The average Bonchev–Trinajstić information content (AvgIpc) is 2.50. The zero-order chi connectivity index (χ0) is 16.9. The number of nitrogens with two attached hydrogens (primary N) is 1. The standard InChI is InChI=1S/C18H20N2O3/c1-14-6-8-16(9-7-14)23-17(22-15(2)21)10-12-18(3)11-4-5-13-20(18)19/h4-9,11,13,17H,19H2,1-3H3. The van der Waals surface area contributed by atoms with Crippen LogP contribution >= 0.6 is 0 Å². The van der Waals surface area contributed by atoms with Crippen LogP contribution in [0.4, 0.5) is 0 Å². The first-order valence-electron chi connectivity index (χ1n) is 7.22. The SMILES string of the molecule is CC(=O)OC(C#CC1(C)C=CC=CN1N)Oc1ccc(C)cc1. The molecule has 5 nitrogen and oxygen atoms in total. The van der Waals surface area contributed by atoms with E-state index in [1.807, 2.05) is 44.2 Å². The van der Waals surface area contributed by atoms with E-state index in [4.69, 9.17) is 15.3 Å². The number of hydrogen-bond donors (Lipinski definition) is 1. The normalized spacial score (nSPS) is 20.4. The van der Waals surface area contributed by atoms with E-state index in [2.05, 4.69) is 11.8 Å². The molecule has 120 valence electrons. The highest BCUT2D eigenvalue weighted by molar-refractivity contribution is 5.66. The second kappa shape index (κ2) is 7.03. The predicted octanol–water partition coefficient (Wildman–Crippen LogP) is 2.28. The Kier molecular flexibility index (Phi) is 5.09. The second-order valence-electron chi connectivity index (χ2n) is 5.40. The van der Waals surface area contributed by atoms with Crippen LogP contribution in [0.3, 0.4) is 0 Å². The number of nitrogens with zero attached hydrogens (tertiary/aromatic N) is 1. The molecule has 23 heavy (non-hydrogen) atoms. The van der Waals surface area contributed by atoms with Crippen molar-refractivity contribution in [1.82, 2.24) is 5.01 Å². The van der Waals surface area contributed by atoms with Crippen LogP contribution in [0.1, 0.15) is 19.4 Å². The summed E-state index contributed by atoms with van der Waals surface area (Å²) in [6.45, 7) is 5.15. The van der Waals surface area contributed by atoms with Crippen LogP contribution in [-0.2, 0) is 9.53 Å². The molecule has 2 rings (SSSR count). The molecule has 0 saturated heterocycles. The Morgan fingerprint density at radius 2 is 2.00 bits per heavy atom. The van der Waals surface area contributed by atoms with Crippen LogP contribution in [0.25, 0.3) is 0 Å². The molecule has 1 aliphatic rings. The van der Waals surface area contributed by atoms with Gasteiger partial charge in [0.25, 0.3) is 0 Å². The van der Waals surface area contributed by atoms with E-state index in [9.17, 15) is 4.79 Å². The van der Waals surface area contributed by atoms with Crippen molar-refractivity contribution < 1.29 is 14.3 Å². The molecule has 5 heteroatoms. The number of aryl methyl sites for hydroxylation is 1. The maximum atomic E-state index is 11.3. The first kappa shape index (κ1) is 16.7. The van der Waals surface area contributed by atoms with Crippen molar-refractivity contribution in [3.63, 3.8) is 0 Å². The summed E-state index contributed by atoms with van der Waals surface area (Å²) in [5.74, 6) is 11.8. The summed E-state index contributed by atoms with van der Waals surface area (Å²) in [6.07, 6.45) is 6.25. The zero-order valence-corrected chi connectivity index (χ0v) is 13.4. The maximum absolute atomic E-state index is 11.3. The number of carbonyl (C=O) groups is 1. The fourth-order valence-corrected chi connectivity index (χ4v) is 1.91. The lowest BCUT2D eigenvalue weighted by Crippen LogP contribution is -2.46. The van der Waals surface area contributed by atoms with Gasteiger partial charge in [0.2, 0.25) is 0 Å². The molecule has 1 aromatic rings. The third-order valence-electron chi connectivity index (χ3n) is 3.30. The molecule has 2 atom stereocenters. The van der Waals surface area contributed by atoms with Crippen LogP contribution in [0.5, 0.6) is 5.75 Å². The van der Waals surface area contributed by atoms with Gasteiger partial charge >= 0.3 is 12.3 Å². The number of hydrazine groups is 1. The summed E-state index contributed by atoms with van der Waals surface area (Å²) in [6, 6.07) is 7.41. The second-order valence-corrected chi connectivity index (χ2v) is 5.40. The van der Waals surface area contributed by atoms with Crippen LogP contribution in [0.2, 0.25) is 0 Å². The van der Waals surface area contributed by atoms with Gasteiger partial charge in [0.05, 0.1) is 0 Å². The molecule has 1 heterocycles. The summed E-state index contributed by atoms with van der Waals surface area (Å²) in [5, 5.41) is 1.48. The molecule has 0 aromatic heterocycles. The van der Waals surface area contributed by atoms with Gasteiger partial charge < -0.3 is 9.47 Å². The van der Waals surface area contributed by atoms with Gasteiger partial charge in [-0.25, -0.2) is 5.84 Å². The lowest BCUT2D eigenvalue weighted by molar-refractivity contribution is -0.154. The number of carbonyl (C=O) groups excluding carboxylic acids is 1. The number of benzene rings is 1. The van der Waals surface area contributed by atoms with Crippen LogP contribution in [0.15, 0.2) is 48.7 Å². The number of allylic oxidation sites excluding steroid dienone is 2. The van der Waals surface area contributed by atoms with Gasteiger partial charge in [0.1, 0.15) is 11.3 Å². The van der Waals surface area contributed by atoms with Crippen molar-refractivity contribution in [3.8, 4) is 17.6 Å². The van der Waals surface area contributed by atoms with Gasteiger partial charge in [-0.3, -0.25) is 9.80 Å². The van der Waals surface area contributed by atoms with Crippen molar-refractivity contribution in [2.24, 2.45) is 5.84 Å². The number of ether oxygens (including phenoxy) is 2. The van der Waals surface area contributed by atoms with Crippen molar-refractivity contribution in [2.45, 2.75) is 32.6 Å². The maximum Gasteiger partial charge on any atom is 0.308 e. The van der Waals surface area contributed by atoms with Gasteiger partial charge in [-0.15, -0.1) is 0 Å². The third-order valence-corrected chi connectivity index (χ3v) is 3.30. The lowest BCUT2D eigenvalue weighted by Gasteiger charge is -2.31. The van der Waals surface area contributed by atoms with E-state index < -0.39 is 17.8 Å². The lowest BCUT2D eigenvalue weighted by atomic mass is 10.00. The molecule has 1 aromatic carbocycles. The highest BCUT2D eigenvalue weighted by Gasteiger charge is 2.24. The minimum absolute atomic E-state index is 0.467. The van der Waals surface area contributed by atoms with Crippen molar-refractivity contribution in [1.29, 1.82) is 0 Å². The number of hydrogen-bond acceptors (Lipinski definition) is 5. The molecule has 2 N–H and O–H groups in total. The summed E-state index contributed by atoms with van der Waals surface area (Å²) >= 11 is 0. The Labute approximate surface area is 136 Å². The molecule has 0 amide bonds. The average molecular weight is 312 g/mol. The fraction of sp³-hybridized carbons (Fsp3) is 0.278. The van der Waals surface area contributed by atoms with Gasteiger partial charge in [0, 0.05) is 13.1 Å². The number of esters is 1. The molecule has 0 bridgehead atoms. The van der Waals surface area contributed by atoms with Crippen LogP contribution in [0, 0.1) is 18.8 Å². The van der Waals surface area contributed by atoms with Gasteiger partial charge in [-0.2, -0.15) is 0 Å². The molecule has 1 aliphatic heterocycles. The van der Waals surface area contributed by atoms with E-state index >= 15 is 0 Å². The molecule has 2 unspecified atom stereocenters. The molecule has 0 fully saturated rings. The van der Waals surface area contributed by atoms with Gasteiger partial charge in [-0.05, 0) is 44.1 Å². The fourth-order valence-electron chi connectivity index (χ4n) is 1.91. The zero-order valence-electron chi connectivity index (χ0n) is 13.4. The Morgan fingerprint density at radius 1 is 1.30 bits per heavy atom. The molecular weight excluding hydrogens is 292 g/mol. The Bertz CT molecular complexity index is 682. The van der Waals surface area contributed by atoms with E-state index in [-0.39, 0.29) is 0 Å². The molecule has 0 aliphatic carbocycles. The molecule has 0 saturated carbocycles. The highest BCUT2D eigenvalue weighted by atomic mass is 16.7. The van der Waals surface area contributed by atoms with Crippen LogP contribution < -0.4 is 10.6 Å². The topological polar surface area (TPSA) is 64.8 Å². The van der Waals surface area contributed by atoms with E-state index in [0.29, 0.717) is 5.75 Å². The van der Waals surface area contributed by atoms with E-state index in [0.717, 1.165) is 5.56 Å². The summed E-state index contributed by atoms with van der Waals surface area (Å²) in [7, 11) is 0. The Balaban J connectivity index is 2.18. The van der Waals surface area contributed by atoms with Gasteiger partial charge in [-0.1, -0.05) is 29.7 Å². The van der Waals surface area contributed by atoms with E-state index in [1.165, 1.54) is 11.9 Å². The number of rotatable bonds is 3. The smallest absolute Gasteiger partial charge is 0.308 e. The summed E-state index contributed by atoms with van der Waals surface area (Å²) in [4.78, 5) is 11.3. The molecule has 0 spiro atoms. The molecular formula is C18H20N2O3. The Morgan fingerprint density at radius 3 is 2.61 bits per heavy atom. The summed E-state index contributed by atoms with van der Waals surface area (Å²) in [5.41, 5.74) is 0.418. The third kappa shape index (κ3) is 4.63. The Hall–Kier alpha value is -2.71. The largest absolute Gasteiger partial charge is 0.444 e. The highest BCUT2D eigenvalue weighted by Crippen LogP contribution is 2.18. The summed E-state index contributed by atoms with van der Waals surface area (Å²) < 4.78 is 10.8. The van der Waals surface area contributed by atoms with Crippen LogP contribution in [-0.4, -0.2) is 22.8 Å². The van der Waals surface area contributed by atoms with Gasteiger partial charge in [0.15, 0.2) is 0 Å². The first-order valence-corrected chi connectivity index (χ1v) is 7.22. The first-order chi connectivity index (χ1) is 10.9. The quantitative estimate of drug-likeness (QED) is 0.401. The minimum atomic E-state index is -1.00. The molecule has 0 radical (unpaired) electrons. The predicted molar refractivity (Wildman–Crippen MR) is 87.8 cm³/mol. The monoisotopic (exact) mass is 312 g/mol. The van der Waals surface area contributed by atoms with Crippen molar-refractivity contribution in [3.05, 3.63) is 54.3 Å². The minimum Gasteiger partial charge on any atom is -0.444 e.